The maximum atomic E-state index is 12.9. The largest absolute Gasteiger partial charge is 0.459 e. The van der Waals surface area contributed by atoms with Gasteiger partial charge in [-0.25, -0.2) is 9.59 Å². The first-order valence-electron chi connectivity index (χ1n) is 12.2. The lowest BCUT2D eigenvalue weighted by Crippen LogP contribution is -2.32. The Morgan fingerprint density at radius 3 is 2.21 bits per heavy atom. The number of fused-ring (bicyclic) bond motifs is 1. The zero-order valence-corrected chi connectivity index (χ0v) is 20.9. The van der Waals surface area contributed by atoms with Crippen molar-refractivity contribution < 1.29 is 28.7 Å². The SMILES string of the molecule is Cc1ccc(C(=O)OC[C@H]2O[C@@H](n3ccc4cccc([N+](=O)[O-])c43)C[C@@H]2OC(=O)c2ccc(C)cc2)cc1. The van der Waals surface area contributed by atoms with Gasteiger partial charge >= 0.3 is 11.9 Å². The summed E-state index contributed by atoms with van der Waals surface area (Å²) >= 11 is 0. The Bertz CT molecular complexity index is 1490. The molecule has 9 heteroatoms. The number of carbonyl (C=O) groups excluding carboxylic acids is 2. The lowest BCUT2D eigenvalue weighted by atomic mass is 10.1. The van der Waals surface area contributed by atoms with Crippen LogP contribution in [-0.2, 0) is 14.2 Å². The maximum absolute atomic E-state index is 12.9. The molecule has 5 rings (SSSR count). The molecule has 0 unspecified atom stereocenters. The molecule has 0 bridgehead atoms. The summed E-state index contributed by atoms with van der Waals surface area (Å²) < 4.78 is 19.2. The van der Waals surface area contributed by atoms with E-state index in [1.807, 2.05) is 38.1 Å². The molecule has 0 amide bonds. The predicted octanol–water partition coefficient (Wildman–Crippen LogP) is 5.54. The highest BCUT2D eigenvalue weighted by Gasteiger charge is 2.41. The number of esters is 2. The number of aryl methyl sites for hydroxylation is 2. The van der Waals surface area contributed by atoms with E-state index in [9.17, 15) is 19.7 Å². The Labute approximate surface area is 218 Å². The van der Waals surface area contributed by atoms with Crippen LogP contribution in [0.25, 0.3) is 10.9 Å². The van der Waals surface area contributed by atoms with Crippen LogP contribution in [-0.4, -0.2) is 40.2 Å². The summed E-state index contributed by atoms with van der Waals surface area (Å²) in [6.07, 6.45) is -0.265. The quantitative estimate of drug-likeness (QED) is 0.181. The normalized spacial score (nSPS) is 18.8. The number of para-hydroxylation sites is 1. The molecule has 194 valence electrons. The van der Waals surface area contributed by atoms with Crippen molar-refractivity contribution in [3.8, 4) is 0 Å². The highest BCUT2D eigenvalue weighted by Crippen LogP contribution is 2.37. The molecule has 9 nitrogen and oxygen atoms in total. The van der Waals surface area contributed by atoms with E-state index in [-0.39, 0.29) is 18.7 Å². The standard InChI is InChI=1S/C29H26N2O7/c1-18-6-10-21(11-7-18)28(32)36-17-25-24(38-29(33)22-12-8-19(2)9-13-22)16-26(37-25)30-15-14-20-4-3-5-23(27(20)30)31(34)35/h3-15,24-26H,16-17H2,1-2H3/t24-,25+,26+/m0/s1. The molecule has 0 spiro atoms. The van der Waals surface area contributed by atoms with E-state index >= 15 is 0 Å². The van der Waals surface area contributed by atoms with Crippen molar-refractivity contribution in [2.45, 2.75) is 38.7 Å². The van der Waals surface area contributed by atoms with Gasteiger partial charge in [-0.05, 0) is 44.2 Å². The molecule has 0 saturated carbocycles. The van der Waals surface area contributed by atoms with E-state index in [0.717, 1.165) is 11.1 Å². The van der Waals surface area contributed by atoms with Crippen molar-refractivity contribution in [3.05, 3.63) is 111 Å². The smallest absolute Gasteiger partial charge is 0.338 e. The molecular formula is C29H26N2O7. The van der Waals surface area contributed by atoms with Gasteiger partial charge < -0.3 is 18.8 Å². The molecule has 0 aliphatic carbocycles. The van der Waals surface area contributed by atoms with Crippen LogP contribution in [0.15, 0.2) is 79.0 Å². The zero-order valence-electron chi connectivity index (χ0n) is 20.9. The maximum Gasteiger partial charge on any atom is 0.338 e. The minimum absolute atomic E-state index is 0.0569. The van der Waals surface area contributed by atoms with Crippen molar-refractivity contribution in [2.75, 3.05) is 6.61 Å². The molecule has 2 heterocycles. The molecule has 4 aromatic rings. The molecule has 3 aromatic carbocycles. The topological polar surface area (TPSA) is 110 Å². The Balaban J connectivity index is 1.39. The number of carbonyl (C=O) groups is 2. The van der Waals surface area contributed by atoms with E-state index in [1.165, 1.54) is 6.07 Å². The van der Waals surface area contributed by atoms with Gasteiger partial charge in [-0.1, -0.05) is 47.5 Å². The molecule has 1 aliphatic rings. The first kappa shape index (κ1) is 25.2. The third kappa shape index (κ3) is 5.14. The van der Waals surface area contributed by atoms with Gasteiger partial charge in [0, 0.05) is 24.1 Å². The van der Waals surface area contributed by atoms with Gasteiger partial charge in [0.05, 0.1) is 16.1 Å². The summed E-state index contributed by atoms with van der Waals surface area (Å²) in [6, 6.07) is 20.6. The van der Waals surface area contributed by atoms with Gasteiger partial charge in [0.25, 0.3) is 5.69 Å². The van der Waals surface area contributed by atoms with Crippen LogP contribution in [0, 0.1) is 24.0 Å². The highest BCUT2D eigenvalue weighted by atomic mass is 16.6. The van der Waals surface area contributed by atoms with E-state index in [2.05, 4.69) is 0 Å². The van der Waals surface area contributed by atoms with Gasteiger partial charge in [0.2, 0.25) is 0 Å². The summed E-state index contributed by atoms with van der Waals surface area (Å²) in [7, 11) is 0. The zero-order chi connectivity index (χ0) is 26.8. The predicted molar refractivity (Wildman–Crippen MR) is 139 cm³/mol. The number of hydrogen-bond donors (Lipinski definition) is 0. The Morgan fingerprint density at radius 1 is 0.947 bits per heavy atom. The molecule has 1 fully saturated rings. The van der Waals surface area contributed by atoms with Crippen LogP contribution >= 0.6 is 0 Å². The number of nitrogens with zero attached hydrogens (tertiary/aromatic N) is 2. The minimum Gasteiger partial charge on any atom is -0.459 e. The van der Waals surface area contributed by atoms with Crippen molar-refractivity contribution in [2.24, 2.45) is 0 Å². The van der Waals surface area contributed by atoms with Gasteiger partial charge in [0.15, 0.2) is 0 Å². The number of nitro benzene ring substituents is 1. The Morgan fingerprint density at radius 2 is 1.58 bits per heavy atom. The second kappa shape index (κ2) is 10.5. The molecule has 0 N–H and O–H groups in total. The summed E-state index contributed by atoms with van der Waals surface area (Å²) in [6.45, 7) is 3.68. The van der Waals surface area contributed by atoms with Crippen molar-refractivity contribution in [1.82, 2.24) is 4.57 Å². The fourth-order valence-electron chi connectivity index (χ4n) is 4.56. The first-order valence-corrected chi connectivity index (χ1v) is 12.2. The van der Waals surface area contributed by atoms with Gasteiger partial charge in [0.1, 0.15) is 30.6 Å². The minimum atomic E-state index is -0.774. The lowest BCUT2D eigenvalue weighted by Gasteiger charge is -2.19. The highest BCUT2D eigenvalue weighted by molar-refractivity contribution is 5.90. The summed E-state index contributed by atoms with van der Waals surface area (Å²) in [5, 5.41) is 12.4. The summed E-state index contributed by atoms with van der Waals surface area (Å²) in [4.78, 5) is 36.8. The number of benzene rings is 3. The average molecular weight is 515 g/mol. The summed E-state index contributed by atoms with van der Waals surface area (Å²) in [5.41, 5.74) is 3.15. The Kier molecular flexibility index (Phi) is 6.93. The van der Waals surface area contributed by atoms with Gasteiger partial charge in [-0.3, -0.25) is 10.1 Å². The molecule has 1 aliphatic heterocycles. The van der Waals surface area contributed by atoms with Crippen molar-refractivity contribution in [3.63, 3.8) is 0 Å². The van der Waals surface area contributed by atoms with Gasteiger partial charge in [-0.15, -0.1) is 0 Å². The molecule has 1 aromatic heterocycles. The third-order valence-corrected chi connectivity index (χ3v) is 6.62. The number of aromatic nitrogens is 1. The third-order valence-electron chi connectivity index (χ3n) is 6.62. The number of hydrogen-bond acceptors (Lipinski definition) is 7. The molecule has 38 heavy (non-hydrogen) atoms. The number of nitro groups is 1. The number of ether oxygens (including phenoxy) is 3. The van der Waals surface area contributed by atoms with E-state index in [0.29, 0.717) is 22.0 Å². The van der Waals surface area contributed by atoms with E-state index < -0.39 is 35.3 Å². The number of non-ortho nitro benzene ring substituents is 1. The molecule has 3 atom stereocenters. The fourth-order valence-corrected chi connectivity index (χ4v) is 4.56. The van der Waals surface area contributed by atoms with Crippen LogP contribution in [0.4, 0.5) is 5.69 Å². The first-order chi connectivity index (χ1) is 18.3. The van der Waals surface area contributed by atoms with Gasteiger partial charge in [-0.2, -0.15) is 0 Å². The molecule has 1 saturated heterocycles. The monoisotopic (exact) mass is 514 g/mol. The average Bonchev–Trinajstić information content (AvgIpc) is 3.51. The van der Waals surface area contributed by atoms with Crippen LogP contribution in [0.1, 0.15) is 44.5 Å². The van der Waals surface area contributed by atoms with E-state index in [4.69, 9.17) is 14.2 Å². The Hall–Kier alpha value is -4.50. The molecule has 0 radical (unpaired) electrons. The second-order valence-corrected chi connectivity index (χ2v) is 9.33. The van der Waals surface area contributed by atoms with Crippen LogP contribution in [0.5, 0.6) is 0 Å². The molecular weight excluding hydrogens is 488 g/mol. The summed E-state index contributed by atoms with van der Waals surface area (Å²) in [5.74, 6) is -1.06. The number of rotatable bonds is 7. The lowest BCUT2D eigenvalue weighted by molar-refractivity contribution is -0.383. The van der Waals surface area contributed by atoms with E-state index in [1.54, 1.807) is 53.2 Å². The van der Waals surface area contributed by atoms with Crippen LogP contribution < -0.4 is 0 Å². The fraction of sp³-hybridized carbons (Fsp3) is 0.241. The van der Waals surface area contributed by atoms with Crippen molar-refractivity contribution >= 4 is 28.5 Å². The van der Waals surface area contributed by atoms with Crippen LogP contribution in [0.3, 0.4) is 0 Å². The van der Waals surface area contributed by atoms with Crippen molar-refractivity contribution in [1.29, 1.82) is 0 Å². The van der Waals surface area contributed by atoms with Crippen LogP contribution in [0.2, 0.25) is 0 Å². The second-order valence-electron chi connectivity index (χ2n) is 9.33.